The van der Waals surface area contributed by atoms with Gasteiger partial charge in [0.15, 0.2) is 0 Å². The summed E-state index contributed by atoms with van der Waals surface area (Å²) in [5.74, 6) is -0.822. The molecule has 4 N–H and O–H groups in total. The Labute approximate surface area is 134 Å². The fourth-order valence-corrected chi connectivity index (χ4v) is 3.00. The topological polar surface area (TPSA) is 89.4 Å². The van der Waals surface area contributed by atoms with Gasteiger partial charge in [0.2, 0.25) is 11.8 Å². The minimum atomic E-state index is -0.898. The number of nitrogens with two attached hydrogens (primary N) is 2. The third kappa shape index (κ3) is 3.10. The fraction of sp³-hybridized carbons (Fsp3) is 0.222. The second-order valence-corrected chi connectivity index (χ2v) is 5.79. The van der Waals surface area contributed by atoms with E-state index in [1.807, 2.05) is 36.4 Å². The number of nitrogens with zero attached hydrogens (tertiary/aromatic N) is 1. The van der Waals surface area contributed by atoms with Crippen LogP contribution >= 0.6 is 0 Å². The SMILES string of the molecule is NC(=O)C[C@@H](N)C(=O)N1Cc2ccccc2-c2ccccc2C1. The Balaban J connectivity index is 1.98. The molecular weight excluding hydrogens is 290 g/mol. The Morgan fingerprint density at radius 1 is 0.957 bits per heavy atom. The van der Waals surface area contributed by atoms with Gasteiger partial charge >= 0.3 is 0 Å². The molecule has 5 nitrogen and oxygen atoms in total. The molecule has 0 aromatic heterocycles. The van der Waals surface area contributed by atoms with E-state index in [-0.39, 0.29) is 12.3 Å². The lowest BCUT2D eigenvalue weighted by atomic mass is 9.97. The van der Waals surface area contributed by atoms with E-state index < -0.39 is 11.9 Å². The smallest absolute Gasteiger partial charge is 0.240 e. The first-order valence-corrected chi connectivity index (χ1v) is 7.55. The van der Waals surface area contributed by atoms with Crippen LogP contribution in [0.4, 0.5) is 0 Å². The molecule has 1 heterocycles. The number of fused-ring (bicyclic) bond motifs is 3. The summed E-state index contributed by atoms with van der Waals surface area (Å²) in [5, 5.41) is 0. The minimum Gasteiger partial charge on any atom is -0.370 e. The number of hydrogen-bond donors (Lipinski definition) is 2. The van der Waals surface area contributed by atoms with Crippen molar-refractivity contribution in [3.63, 3.8) is 0 Å². The predicted octanol–water partition coefficient (Wildman–Crippen LogP) is 1.40. The lowest BCUT2D eigenvalue weighted by Gasteiger charge is -2.24. The maximum absolute atomic E-state index is 12.6. The van der Waals surface area contributed by atoms with Gasteiger partial charge in [0, 0.05) is 13.1 Å². The van der Waals surface area contributed by atoms with Gasteiger partial charge in [-0.25, -0.2) is 0 Å². The van der Waals surface area contributed by atoms with Crippen LogP contribution in [0.15, 0.2) is 48.5 Å². The first-order valence-electron chi connectivity index (χ1n) is 7.55. The van der Waals surface area contributed by atoms with E-state index in [4.69, 9.17) is 11.5 Å². The molecule has 0 saturated carbocycles. The quantitative estimate of drug-likeness (QED) is 0.898. The number of rotatable bonds is 3. The highest BCUT2D eigenvalue weighted by Gasteiger charge is 2.26. The van der Waals surface area contributed by atoms with Gasteiger partial charge < -0.3 is 16.4 Å². The normalized spacial score (nSPS) is 14.4. The van der Waals surface area contributed by atoms with Gasteiger partial charge in [0.05, 0.1) is 12.5 Å². The third-order valence-corrected chi connectivity index (χ3v) is 4.10. The van der Waals surface area contributed by atoms with Gasteiger partial charge in [0.1, 0.15) is 0 Å². The van der Waals surface area contributed by atoms with Gasteiger partial charge in [-0.3, -0.25) is 9.59 Å². The highest BCUT2D eigenvalue weighted by atomic mass is 16.2. The molecule has 3 rings (SSSR count). The summed E-state index contributed by atoms with van der Waals surface area (Å²) in [5.41, 5.74) is 15.4. The van der Waals surface area contributed by atoms with E-state index in [9.17, 15) is 9.59 Å². The van der Waals surface area contributed by atoms with Crippen molar-refractivity contribution >= 4 is 11.8 Å². The molecule has 23 heavy (non-hydrogen) atoms. The monoisotopic (exact) mass is 309 g/mol. The Bertz CT molecular complexity index is 710. The molecule has 0 radical (unpaired) electrons. The maximum atomic E-state index is 12.6. The molecular formula is C18H19N3O2. The number of benzene rings is 2. The van der Waals surface area contributed by atoms with Gasteiger partial charge in [-0.2, -0.15) is 0 Å². The van der Waals surface area contributed by atoms with E-state index in [1.165, 1.54) is 0 Å². The maximum Gasteiger partial charge on any atom is 0.240 e. The van der Waals surface area contributed by atoms with Crippen LogP contribution in [0, 0.1) is 0 Å². The van der Waals surface area contributed by atoms with Gasteiger partial charge in [-0.15, -0.1) is 0 Å². The molecule has 0 aliphatic carbocycles. The van der Waals surface area contributed by atoms with Crippen LogP contribution in [-0.4, -0.2) is 22.8 Å². The van der Waals surface area contributed by atoms with Crippen molar-refractivity contribution < 1.29 is 9.59 Å². The van der Waals surface area contributed by atoms with Crippen LogP contribution in [0.1, 0.15) is 17.5 Å². The number of hydrogen-bond acceptors (Lipinski definition) is 3. The molecule has 5 heteroatoms. The second kappa shape index (κ2) is 6.22. The first kappa shape index (κ1) is 15.2. The number of amides is 2. The van der Waals surface area contributed by atoms with E-state index >= 15 is 0 Å². The highest BCUT2D eigenvalue weighted by Crippen LogP contribution is 2.32. The van der Waals surface area contributed by atoms with Gasteiger partial charge in [0.25, 0.3) is 0 Å². The van der Waals surface area contributed by atoms with E-state index in [1.54, 1.807) is 4.90 Å². The van der Waals surface area contributed by atoms with E-state index in [0.717, 1.165) is 22.3 Å². The van der Waals surface area contributed by atoms with E-state index in [0.29, 0.717) is 13.1 Å². The Morgan fingerprint density at radius 3 is 1.91 bits per heavy atom. The second-order valence-electron chi connectivity index (χ2n) is 5.79. The van der Waals surface area contributed by atoms with Crippen molar-refractivity contribution in [2.24, 2.45) is 11.5 Å². The summed E-state index contributed by atoms with van der Waals surface area (Å²) in [6.07, 6.45) is -0.140. The summed E-state index contributed by atoms with van der Waals surface area (Å²) in [6, 6.07) is 15.1. The first-order chi connectivity index (χ1) is 11.1. The zero-order valence-electron chi connectivity index (χ0n) is 12.7. The Morgan fingerprint density at radius 2 is 1.43 bits per heavy atom. The molecule has 2 aromatic carbocycles. The molecule has 0 saturated heterocycles. The average Bonchev–Trinajstić information content (AvgIpc) is 2.70. The molecule has 0 fully saturated rings. The van der Waals surface area contributed by atoms with Crippen molar-refractivity contribution in [3.8, 4) is 11.1 Å². The average molecular weight is 309 g/mol. The van der Waals surface area contributed by atoms with Crippen LogP contribution in [0.3, 0.4) is 0 Å². The summed E-state index contributed by atoms with van der Waals surface area (Å²) in [4.78, 5) is 25.3. The number of carbonyl (C=O) groups is 2. The molecule has 1 aliphatic heterocycles. The summed E-state index contributed by atoms with van der Waals surface area (Å²) in [6.45, 7) is 0.937. The molecule has 0 spiro atoms. The van der Waals surface area contributed by atoms with Crippen LogP contribution in [0.5, 0.6) is 0 Å². The predicted molar refractivity (Wildman–Crippen MR) is 87.9 cm³/mol. The Kier molecular flexibility index (Phi) is 4.12. The molecule has 1 aliphatic rings. The highest BCUT2D eigenvalue weighted by molar-refractivity contribution is 5.88. The lowest BCUT2D eigenvalue weighted by Crippen LogP contribution is -2.44. The van der Waals surface area contributed by atoms with Crippen molar-refractivity contribution in [2.45, 2.75) is 25.6 Å². The summed E-state index contributed by atoms with van der Waals surface area (Å²) >= 11 is 0. The van der Waals surface area contributed by atoms with Crippen molar-refractivity contribution in [1.29, 1.82) is 0 Å². The van der Waals surface area contributed by atoms with Crippen LogP contribution < -0.4 is 11.5 Å². The molecule has 118 valence electrons. The molecule has 2 amide bonds. The van der Waals surface area contributed by atoms with Crippen molar-refractivity contribution in [2.75, 3.05) is 0 Å². The van der Waals surface area contributed by atoms with Gasteiger partial charge in [-0.1, -0.05) is 48.5 Å². The zero-order valence-corrected chi connectivity index (χ0v) is 12.7. The lowest BCUT2D eigenvalue weighted by molar-refractivity contribution is -0.135. The molecule has 0 bridgehead atoms. The largest absolute Gasteiger partial charge is 0.370 e. The number of primary amides is 1. The van der Waals surface area contributed by atoms with Crippen LogP contribution in [0.25, 0.3) is 11.1 Å². The fourth-order valence-electron chi connectivity index (χ4n) is 3.00. The third-order valence-electron chi connectivity index (χ3n) is 4.10. The Hall–Kier alpha value is -2.66. The van der Waals surface area contributed by atoms with Crippen LogP contribution in [0.2, 0.25) is 0 Å². The van der Waals surface area contributed by atoms with Crippen LogP contribution in [-0.2, 0) is 22.7 Å². The molecule has 1 atom stereocenters. The van der Waals surface area contributed by atoms with Crippen molar-refractivity contribution in [3.05, 3.63) is 59.7 Å². The summed E-state index contributed by atoms with van der Waals surface area (Å²) in [7, 11) is 0. The number of carbonyl (C=O) groups excluding carboxylic acids is 2. The molecule has 0 unspecified atom stereocenters. The van der Waals surface area contributed by atoms with E-state index in [2.05, 4.69) is 12.1 Å². The minimum absolute atomic E-state index is 0.140. The van der Waals surface area contributed by atoms with Crippen molar-refractivity contribution in [1.82, 2.24) is 4.90 Å². The molecule has 2 aromatic rings. The van der Waals surface area contributed by atoms with Gasteiger partial charge in [-0.05, 0) is 22.3 Å². The standard InChI is InChI=1S/C18H19N3O2/c19-16(9-17(20)22)18(23)21-10-12-5-1-3-7-14(12)15-8-4-2-6-13(15)11-21/h1-8,16H,9-11,19H2,(H2,20,22)/t16-/m1/s1. The zero-order chi connectivity index (χ0) is 16.4. The summed E-state index contributed by atoms with van der Waals surface area (Å²) < 4.78 is 0.